The van der Waals surface area contributed by atoms with Crippen LogP contribution >= 0.6 is 0 Å². The minimum atomic E-state index is -2.69. The van der Waals surface area contributed by atoms with Gasteiger partial charge in [-0.3, -0.25) is 4.98 Å². The third-order valence-corrected chi connectivity index (χ3v) is 1.47. The molecule has 0 bridgehead atoms. The van der Waals surface area contributed by atoms with Crippen LogP contribution in [0.2, 0.25) is 0 Å². The number of alkyl halides is 2. The first kappa shape index (κ1) is 8.86. The van der Waals surface area contributed by atoms with Gasteiger partial charge in [-0.15, -0.1) is 0 Å². The van der Waals surface area contributed by atoms with Gasteiger partial charge in [-0.2, -0.15) is 0 Å². The largest absolute Gasteiger partial charge is 0.398 e. The fraction of sp³-hybridized carbons (Fsp3) is 0.286. The summed E-state index contributed by atoms with van der Waals surface area (Å²) in [6.07, 6.45) is -1.41. The molecule has 66 valence electrons. The molecule has 3 nitrogen and oxygen atoms in total. The topological polar surface area (TPSA) is 59.1 Å². The molecule has 0 saturated carbocycles. The van der Waals surface area contributed by atoms with Crippen LogP contribution in [0.15, 0.2) is 12.3 Å². The van der Waals surface area contributed by atoms with Crippen molar-refractivity contribution in [2.24, 2.45) is 0 Å². The highest BCUT2D eigenvalue weighted by molar-refractivity contribution is 5.48. The molecule has 0 atom stereocenters. The molecule has 0 fully saturated rings. The Hall–Kier alpha value is -1.23. The average molecular weight is 174 g/mol. The SMILES string of the molecule is Nc1ccnc(CO)c1C(F)F. The zero-order valence-corrected chi connectivity index (χ0v) is 6.17. The summed E-state index contributed by atoms with van der Waals surface area (Å²) in [5.41, 5.74) is 4.79. The van der Waals surface area contributed by atoms with Crippen LogP contribution in [-0.2, 0) is 6.61 Å². The number of nitrogens with two attached hydrogens (primary N) is 1. The van der Waals surface area contributed by atoms with E-state index in [0.717, 1.165) is 0 Å². The van der Waals surface area contributed by atoms with Gasteiger partial charge < -0.3 is 10.8 Å². The van der Waals surface area contributed by atoms with E-state index in [-0.39, 0.29) is 16.9 Å². The van der Waals surface area contributed by atoms with Crippen molar-refractivity contribution >= 4 is 5.69 Å². The van der Waals surface area contributed by atoms with E-state index in [1.54, 1.807) is 0 Å². The molecule has 1 aromatic rings. The first-order valence-electron chi connectivity index (χ1n) is 3.29. The van der Waals surface area contributed by atoms with Crippen molar-refractivity contribution in [2.75, 3.05) is 5.73 Å². The molecule has 0 amide bonds. The fourth-order valence-corrected chi connectivity index (χ4v) is 0.911. The van der Waals surface area contributed by atoms with Crippen molar-refractivity contribution in [1.29, 1.82) is 0 Å². The summed E-state index contributed by atoms with van der Waals surface area (Å²) in [5.74, 6) is 0. The number of halogens is 2. The van der Waals surface area contributed by atoms with Crippen LogP contribution in [0, 0.1) is 0 Å². The molecule has 0 aliphatic heterocycles. The molecule has 1 aromatic heterocycles. The quantitative estimate of drug-likeness (QED) is 0.705. The predicted octanol–water partition coefficient (Wildman–Crippen LogP) is 1.09. The summed E-state index contributed by atoms with van der Waals surface area (Å²) in [4.78, 5) is 3.57. The first-order chi connectivity index (χ1) is 5.66. The van der Waals surface area contributed by atoms with Gasteiger partial charge in [0.15, 0.2) is 0 Å². The molecule has 5 heteroatoms. The number of aromatic nitrogens is 1. The molecule has 3 N–H and O–H groups in total. The summed E-state index contributed by atoms with van der Waals surface area (Å²) in [6.45, 7) is -0.523. The van der Waals surface area contributed by atoms with Gasteiger partial charge in [-0.1, -0.05) is 0 Å². The van der Waals surface area contributed by atoms with Crippen molar-refractivity contribution in [2.45, 2.75) is 13.0 Å². The Morgan fingerprint density at radius 2 is 2.25 bits per heavy atom. The molecule has 0 spiro atoms. The molecule has 1 rings (SSSR count). The maximum absolute atomic E-state index is 12.2. The van der Waals surface area contributed by atoms with Crippen LogP contribution < -0.4 is 5.73 Å². The highest BCUT2D eigenvalue weighted by atomic mass is 19.3. The van der Waals surface area contributed by atoms with Gasteiger partial charge in [0.05, 0.1) is 17.9 Å². The Morgan fingerprint density at radius 3 is 2.67 bits per heavy atom. The van der Waals surface area contributed by atoms with Crippen LogP contribution in [0.1, 0.15) is 17.7 Å². The molecule has 0 unspecified atom stereocenters. The number of aliphatic hydroxyl groups excluding tert-OH is 1. The third kappa shape index (κ3) is 1.50. The molecule has 0 aliphatic rings. The highest BCUT2D eigenvalue weighted by Crippen LogP contribution is 2.26. The third-order valence-electron chi connectivity index (χ3n) is 1.47. The minimum absolute atomic E-state index is 0.0379. The lowest BCUT2D eigenvalue weighted by atomic mass is 10.1. The maximum Gasteiger partial charge on any atom is 0.267 e. The predicted molar refractivity (Wildman–Crippen MR) is 39.5 cm³/mol. The van der Waals surface area contributed by atoms with Crippen LogP contribution in [0.4, 0.5) is 14.5 Å². The van der Waals surface area contributed by atoms with E-state index in [1.807, 2.05) is 0 Å². The number of anilines is 1. The lowest BCUT2D eigenvalue weighted by molar-refractivity contribution is 0.147. The molecular weight excluding hydrogens is 166 g/mol. The zero-order chi connectivity index (χ0) is 9.14. The molecule has 12 heavy (non-hydrogen) atoms. The molecule has 0 radical (unpaired) electrons. The Morgan fingerprint density at radius 1 is 1.58 bits per heavy atom. The summed E-state index contributed by atoms with van der Waals surface area (Å²) >= 11 is 0. The van der Waals surface area contributed by atoms with Crippen molar-refractivity contribution in [1.82, 2.24) is 4.98 Å². The molecule has 0 aliphatic carbocycles. The summed E-state index contributed by atoms with van der Waals surface area (Å²) in [6, 6.07) is 1.28. The maximum atomic E-state index is 12.2. The molecule has 0 aromatic carbocycles. The highest BCUT2D eigenvalue weighted by Gasteiger charge is 2.16. The number of nitrogen functional groups attached to an aromatic ring is 1. The Balaban J connectivity index is 3.20. The normalized spacial score (nSPS) is 10.7. The summed E-state index contributed by atoms with van der Waals surface area (Å²) in [5, 5.41) is 8.64. The van der Waals surface area contributed by atoms with E-state index in [9.17, 15) is 8.78 Å². The van der Waals surface area contributed by atoms with Crippen molar-refractivity contribution < 1.29 is 13.9 Å². The number of hydrogen-bond acceptors (Lipinski definition) is 3. The van der Waals surface area contributed by atoms with Gasteiger partial charge in [0.2, 0.25) is 0 Å². The zero-order valence-electron chi connectivity index (χ0n) is 6.17. The second-order valence-electron chi connectivity index (χ2n) is 2.22. The van der Waals surface area contributed by atoms with E-state index in [1.165, 1.54) is 12.3 Å². The molecule has 1 heterocycles. The van der Waals surface area contributed by atoms with Gasteiger partial charge in [0, 0.05) is 11.9 Å². The van der Waals surface area contributed by atoms with E-state index in [0.29, 0.717) is 0 Å². The van der Waals surface area contributed by atoms with Crippen molar-refractivity contribution in [3.05, 3.63) is 23.5 Å². The molecule has 0 saturated heterocycles. The number of hydrogen-bond donors (Lipinski definition) is 2. The molecular formula is C7H8F2N2O. The smallest absolute Gasteiger partial charge is 0.267 e. The van der Waals surface area contributed by atoms with Crippen molar-refractivity contribution in [3.8, 4) is 0 Å². The lowest BCUT2D eigenvalue weighted by Gasteiger charge is -2.07. The van der Waals surface area contributed by atoms with Gasteiger partial charge in [-0.05, 0) is 6.07 Å². The fourth-order valence-electron chi connectivity index (χ4n) is 0.911. The van der Waals surface area contributed by atoms with Gasteiger partial charge in [-0.25, -0.2) is 8.78 Å². The number of pyridine rings is 1. The van der Waals surface area contributed by atoms with Crippen LogP contribution in [0.3, 0.4) is 0 Å². The number of aliphatic hydroxyl groups is 1. The standard InChI is InChI=1S/C7H8F2N2O/c8-7(9)6-4(10)1-2-11-5(6)3-12/h1-2,7,12H,3H2,(H2,10,11). The van der Waals surface area contributed by atoms with E-state index in [2.05, 4.69) is 4.98 Å². The van der Waals surface area contributed by atoms with E-state index < -0.39 is 13.0 Å². The van der Waals surface area contributed by atoms with E-state index >= 15 is 0 Å². The van der Waals surface area contributed by atoms with Crippen LogP contribution in [0.5, 0.6) is 0 Å². The van der Waals surface area contributed by atoms with Gasteiger partial charge >= 0.3 is 0 Å². The van der Waals surface area contributed by atoms with Gasteiger partial charge in [0.25, 0.3) is 6.43 Å². The minimum Gasteiger partial charge on any atom is -0.398 e. The lowest BCUT2D eigenvalue weighted by Crippen LogP contribution is -2.02. The van der Waals surface area contributed by atoms with Gasteiger partial charge in [0.1, 0.15) is 0 Å². The number of rotatable bonds is 2. The van der Waals surface area contributed by atoms with Crippen LogP contribution in [0.25, 0.3) is 0 Å². The Labute approximate surface area is 67.8 Å². The Bertz CT molecular complexity index is 278. The van der Waals surface area contributed by atoms with Crippen LogP contribution in [-0.4, -0.2) is 10.1 Å². The monoisotopic (exact) mass is 174 g/mol. The first-order valence-corrected chi connectivity index (χ1v) is 3.29. The van der Waals surface area contributed by atoms with E-state index in [4.69, 9.17) is 10.8 Å². The second kappa shape index (κ2) is 3.44. The van der Waals surface area contributed by atoms with Crippen molar-refractivity contribution in [3.63, 3.8) is 0 Å². The average Bonchev–Trinajstić information content (AvgIpc) is 2.03. The second-order valence-corrected chi connectivity index (χ2v) is 2.22. The Kier molecular flexibility index (Phi) is 2.54. The summed E-state index contributed by atoms with van der Waals surface area (Å²) < 4.78 is 24.5. The number of nitrogens with zero attached hydrogens (tertiary/aromatic N) is 1. The summed E-state index contributed by atoms with van der Waals surface area (Å²) in [7, 11) is 0.